The zero-order valence-corrected chi connectivity index (χ0v) is 5.89. The second-order valence-corrected chi connectivity index (χ2v) is 2.63. The van der Waals surface area contributed by atoms with E-state index < -0.39 is 5.25 Å². The van der Waals surface area contributed by atoms with E-state index in [0.29, 0.717) is 0 Å². The Hall–Kier alpha value is -0.510. The molecule has 1 atom stereocenters. The second kappa shape index (κ2) is 2.02. The third kappa shape index (κ3) is 0.941. The Balaban J connectivity index is 2.77. The number of nitrogens with zero attached hydrogens (tertiary/aromatic N) is 1. The van der Waals surface area contributed by atoms with Gasteiger partial charge in [0.25, 0.3) is 0 Å². The molecule has 0 N–H and O–H groups in total. The van der Waals surface area contributed by atoms with Crippen molar-refractivity contribution >= 4 is 24.4 Å². The first kappa shape index (κ1) is 6.61. The minimum absolute atomic E-state index is 0.139. The molecule has 0 bridgehead atoms. The Morgan fingerprint density at radius 3 is 2.33 bits per heavy atom. The van der Waals surface area contributed by atoms with Crippen LogP contribution in [-0.2, 0) is 9.59 Å². The van der Waals surface area contributed by atoms with Crippen LogP contribution in [0.4, 0.5) is 0 Å². The van der Waals surface area contributed by atoms with Gasteiger partial charge in [0.05, 0.1) is 5.25 Å². The fourth-order valence-corrected chi connectivity index (χ4v) is 1.07. The van der Waals surface area contributed by atoms with Crippen molar-refractivity contribution in [2.45, 2.75) is 11.7 Å². The van der Waals surface area contributed by atoms with Crippen molar-refractivity contribution in [3.8, 4) is 0 Å². The van der Waals surface area contributed by atoms with Gasteiger partial charge in [-0.15, -0.1) is 0 Å². The van der Waals surface area contributed by atoms with Gasteiger partial charge >= 0.3 is 0 Å². The Kier molecular flexibility index (Phi) is 1.48. The Morgan fingerprint density at radius 1 is 1.67 bits per heavy atom. The number of carbonyl (C=O) groups is 2. The van der Waals surface area contributed by atoms with E-state index >= 15 is 0 Å². The molecule has 1 saturated heterocycles. The van der Waals surface area contributed by atoms with Gasteiger partial charge in [-0.05, 0) is 0 Å². The van der Waals surface area contributed by atoms with Gasteiger partial charge < -0.3 is 0 Å². The number of likely N-dealkylation sites (tertiary alicyclic amines) is 1. The van der Waals surface area contributed by atoms with E-state index in [9.17, 15) is 9.59 Å². The molecule has 0 unspecified atom stereocenters. The summed E-state index contributed by atoms with van der Waals surface area (Å²) < 4.78 is 0. The van der Waals surface area contributed by atoms with Crippen molar-refractivity contribution in [3.63, 3.8) is 0 Å². The average Bonchev–Trinajstić information content (AvgIpc) is 1.98. The van der Waals surface area contributed by atoms with Crippen LogP contribution in [-0.4, -0.2) is 29.0 Å². The maximum atomic E-state index is 10.7. The van der Waals surface area contributed by atoms with Crippen LogP contribution in [0.3, 0.4) is 0 Å². The third-order valence-corrected chi connectivity index (χ3v) is 1.76. The lowest BCUT2D eigenvalue weighted by Gasteiger charge is -2.02. The highest BCUT2D eigenvalue weighted by atomic mass is 32.1. The first-order chi connectivity index (χ1) is 4.13. The van der Waals surface area contributed by atoms with Crippen molar-refractivity contribution in [1.82, 2.24) is 4.90 Å². The molecule has 1 heterocycles. The summed E-state index contributed by atoms with van der Waals surface area (Å²) in [6.45, 7) is 0. The first-order valence-electron chi connectivity index (χ1n) is 2.61. The van der Waals surface area contributed by atoms with Crippen molar-refractivity contribution in [1.29, 1.82) is 0 Å². The predicted molar refractivity (Wildman–Crippen MR) is 35.2 cm³/mol. The number of amides is 2. The van der Waals surface area contributed by atoms with Crippen LogP contribution in [0.15, 0.2) is 0 Å². The van der Waals surface area contributed by atoms with E-state index in [-0.39, 0.29) is 18.2 Å². The number of rotatable bonds is 0. The Labute approximate surface area is 58.4 Å². The summed E-state index contributed by atoms with van der Waals surface area (Å²) in [5.74, 6) is -0.330. The first-order valence-corrected chi connectivity index (χ1v) is 3.13. The molecule has 0 aromatic carbocycles. The average molecular weight is 145 g/mol. The zero-order chi connectivity index (χ0) is 7.02. The van der Waals surface area contributed by atoms with E-state index in [2.05, 4.69) is 12.6 Å². The summed E-state index contributed by atoms with van der Waals surface area (Å²) in [5, 5.41) is -0.400. The monoisotopic (exact) mass is 145 g/mol. The SMILES string of the molecule is CN1C(=O)C[C@H](S)C1=O. The van der Waals surface area contributed by atoms with E-state index in [1.807, 2.05) is 0 Å². The van der Waals surface area contributed by atoms with Crippen LogP contribution < -0.4 is 0 Å². The number of thiol groups is 1. The highest BCUT2D eigenvalue weighted by Crippen LogP contribution is 2.14. The molecule has 9 heavy (non-hydrogen) atoms. The zero-order valence-electron chi connectivity index (χ0n) is 5.00. The molecule has 50 valence electrons. The minimum atomic E-state index is -0.400. The fraction of sp³-hybridized carbons (Fsp3) is 0.600. The molecule has 0 aliphatic carbocycles. The van der Waals surface area contributed by atoms with E-state index in [4.69, 9.17) is 0 Å². The molecule has 2 amide bonds. The van der Waals surface area contributed by atoms with Gasteiger partial charge in [-0.3, -0.25) is 14.5 Å². The van der Waals surface area contributed by atoms with Crippen molar-refractivity contribution in [2.75, 3.05) is 7.05 Å². The van der Waals surface area contributed by atoms with Crippen molar-refractivity contribution in [2.24, 2.45) is 0 Å². The number of imide groups is 1. The van der Waals surface area contributed by atoms with Gasteiger partial charge in [0, 0.05) is 13.5 Å². The maximum absolute atomic E-state index is 10.7. The molecule has 4 heteroatoms. The number of carbonyl (C=O) groups excluding carboxylic acids is 2. The highest BCUT2D eigenvalue weighted by Gasteiger charge is 2.32. The van der Waals surface area contributed by atoms with Gasteiger partial charge in [0.15, 0.2) is 0 Å². The van der Waals surface area contributed by atoms with Gasteiger partial charge in [0.2, 0.25) is 11.8 Å². The molecule has 0 spiro atoms. The smallest absolute Gasteiger partial charge is 0.242 e. The molecular weight excluding hydrogens is 138 g/mol. The van der Waals surface area contributed by atoms with Crippen molar-refractivity contribution < 1.29 is 9.59 Å². The number of hydrogen-bond acceptors (Lipinski definition) is 3. The Morgan fingerprint density at radius 2 is 2.22 bits per heavy atom. The second-order valence-electron chi connectivity index (χ2n) is 2.01. The third-order valence-electron chi connectivity index (χ3n) is 1.36. The standard InChI is InChI=1S/C5H7NO2S/c1-6-4(7)2-3(9)5(6)8/h3,9H,2H2,1H3/t3-/m0/s1. The highest BCUT2D eigenvalue weighted by molar-refractivity contribution is 7.81. The van der Waals surface area contributed by atoms with Crippen LogP contribution in [0.2, 0.25) is 0 Å². The van der Waals surface area contributed by atoms with Crippen molar-refractivity contribution in [3.05, 3.63) is 0 Å². The lowest BCUT2D eigenvalue weighted by molar-refractivity contribution is -0.136. The molecule has 1 fully saturated rings. The minimum Gasteiger partial charge on any atom is -0.285 e. The van der Waals surface area contributed by atoms with Crippen LogP contribution in [0.25, 0.3) is 0 Å². The normalized spacial score (nSPS) is 27.8. The van der Waals surface area contributed by atoms with Crippen LogP contribution in [0.1, 0.15) is 6.42 Å². The molecule has 0 radical (unpaired) electrons. The quantitative estimate of drug-likeness (QED) is 0.374. The molecule has 0 saturated carbocycles. The molecule has 3 nitrogen and oxygen atoms in total. The summed E-state index contributed by atoms with van der Waals surface area (Å²) in [4.78, 5) is 22.5. The molecule has 1 aliphatic rings. The van der Waals surface area contributed by atoms with Gasteiger partial charge in [-0.2, -0.15) is 12.6 Å². The molecule has 1 aliphatic heterocycles. The number of hydrogen-bond donors (Lipinski definition) is 1. The largest absolute Gasteiger partial charge is 0.285 e. The van der Waals surface area contributed by atoms with E-state index in [0.717, 1.165) is 4.90 Å². The van der Waals surface area contributed by atoms with Crippen LogP contribution in [0.5, 0.6) is 0 Å². The fourth-order valence-electron chi connectivity index (χ4n) is 0.736. The molecule has 0 aromatic rings. The summed E-state index contributed by atoms with van der Waals surface area (Å²) in [6, 6.07) is 0. The Bertz CT molecular complexity index is 168. The van der Waals surface area contributed by atoms with E-state index in [1.54, 1.807) is 0 Å². The summed E-state index contributed by atoms with van der Waals surface area (Å²) in [5.41, 5.74) is 0. The van der Waals surface area contributed by atoms with Gasteiger partial charge in [-0.1, -0.05) is 0 Å². The summed E-state index contributed by atoms with van der Waals surface area (Å²) in [6.07, 6.45) is 0.248. The topological polar surface area (TPSA) is 37.4 Å². The van der Waals surface area contributed by atoms with Crippen LogP contribution in [0, 0.1) is 0 Å². The molecule has 0 aromatic heterocycles. The lowest BCUT2D eigenvalue weighted by atomic mass is 10.4. The lowest BCUT2D eigenvalue weighted by Crippen LogP contribution is -2.25. The van der Waals surface area contributed by atoms with Gasteiger partial charge in [0.1, 0.15) is 0 Å². The van der Waals surface area contributed by atoms with E-state index in [1.165, 1.54) is 7.05 Å². The summed E-state index contributed by atoms with van der Waals surface area (Å²) >= 11 is 3.89. The molecule has 1 rings (SSSR count). The maximum Gasteiger partial charge on any atom is 0.242 e. The summed E-state index contributed by atoms with van der Waals surface area (Å²) in [7, 11) is 1.47. The predicted octanol–water partition coefficient (Wildman–Crippen LogP) is -0.326. The molecular formula is C5H7NO2S. The van der Waals surface area contributed by atoms with Crippen LogP contribution >= 0.6 is 12.6 Å². The van der Waals surface area contributed by atoms with Gasteiger partial charge in [-0.25, -0.2) is 0 Å².